The monoisotopic (exact) mass is 433 g/mol. The number of piperidine rings is 1. The van der Waals surface area contributed by atoms with E-state index in [1.807, 2.05) is 66.1 Å². The van der Waals surface area contributed by atoms with Gasteiger partial charge in [0, 0.05) is 42.3 Å². The number of aliphatic hydroxyl groups is 1. The van der Waals surface area contributed by atoms with E-state index in [1.165, 1.54) is 0 Å². The lowest BCUT2D eigenvalue weighted by Gasteiger charge is -2.31. The molecule has 0 unspecified atom stereocenters. The van der Waals surface area contributed by atoms with Gasteiger partial charge in [-0.2, -0.15) is 0 Å². The summed E-state index contributed by atoms with van der Waals surface area (Å²) in [5.74, 6) is 0.150. The quantitative estimate of drug-likeness (QED) is 0.647. The van der Waals surface area contributed by atoms with Crippen molar-refractivity contribution >= 4 is 22.5 Å². The second kappa shape index (κ2) is 9.67. The third-order valence-electron chi connectivity index (χ3n) is 6.58. The first-order valence-electron chi connectivity index (χ1n) is 11.4. The van der Waals surface area contributed by atoms with E-state index in [9.17, 15) is 14.7 Å². The van der Waals surface area contributed by atoms with Crippen molar-refractivity contribution in [2.75, 3.05) is 38.2 Å². The number of rotatable bonds is 6. The van der Waals surface area contributed by atoms with Crippen LogP contribution in [0.1, 0.15) is 41.6 Å². The molecule has 0 bridgehead atoms. The maximum absolute atomic E-state index is 13.3. The summed E-state index contributed by atoms with van der Waals surface area (Å²) in [4.78, 5) is 30.1. The lowest BCUT2D eigenvalue weighted by Crippen LogP contribution is -2.37. The van der Waals surface area contributed by atoms with Crippen LogP contribution in [0.5, 0.6) is 0 Å². The number of aromatic nitrogens is 1. The van der Waals surface area contributed by atoms with Crippen LogP contribution in [0.25, 0.3) is 10.9 Å². The largest absolute Gasteiger partial charge is 0.395 e. The van der Waals surface area contributed by atoms with Gasteiger partial charge in [-0.05, 0) is 75.2 Å². The summed E-state index contributed by atoms with van der Waals surface area (Å²) in [6.45, 7) is 5.24. The predicted molar refractivity (Wildman–Crippen MR) is 129 cm³/mol. The van der Waals surface area contributed by atoms with Gasteiger partial charge in [0.05, 0.1) is 12.1 Å². The van der Waals surface area contributed by atoms with Crippen LogP contribution in [-0.2, 0) is 6.54 Å². The zero-order valence-electron chi connectivity index (χ0n) is 18.8. The molecule has 1 aliphatic heterocycles. The number of likely N-dealkylation sites (tertiary alicyclic amines) is 1. The Morgan fingerprint density at radius 1 is 1.09 bits per heavy atom. The molecule has 32 heavy (non-hydrogen) atoms. The number of hydrogen-bond acceptors (Lipinski definition) is 4. The second-order valence-electron chi connectivity index (χ2n) is 8.46. The number of β-amino-alcohol motifs (C(OH)–C–C–N with tert-alkyl or cyclic N) is 1. The van der Waals surface area contributed by atoms with Gasteiger partial charge in [0.1, 0.15) is 0 Å². The summed E-state index contributed by atoms with van der Waals surface area (Å²) in [6, 6.07) is 17.1. The minimum absolute atomic E-state index is 0.0646. The summed E-state index contributed by atoms with van der Waals surface area (Å²) < 4.78 is 1.84. The summed E-state index contributed by atoms with van der Waals surface area (Å²) >= 11 is 0. The van der Waals surface area contributed by atoms with Crippen molar-refractivity contribution in [3.05, 3.63) is 76.1 Å². The number of anilines is 1. The molecule has 6 nitrogen and oxygen atoms in total. The lowest BCUT2D eigenvalue weighted by molar-refractivity contribution is 0.0993. The molecule has 1 fully saturated rings. The Morgan fingerprint density at radius 3 is 2.47 bits per heavy atom. The van der Waals surface area contributed by atoms with E-state index in [0.29, 0.717) is 18.7 Å². The molecule has 0 spiro atoms. The van der Waals surface area contributed by atoms with E-state index >= 15 is 0 Å². The van der Waals surface area contributed by atoms with Gasteiger partial charge in [0.2, 0.25) is 0 Å². The standard InChI is InChI=1S/C26H31N3O3/c1-3-29-24-10-9-22(27(2)25(31)20-7-5-4-6-8-20)17-21(24)18-23(26(29)32)19-11-13-28(14-12-19)15-16-30/h4-10,17-19,30H,3,11-16H2,1-2H3. The molecule has 1 aromatic heterocycles. The SMILES string of the molecule is CCn1c(=O)c(C2CCN(CCO)CC2)cc2cc(N(C)C(=O)c3ccccc3)ccc21. The first kappa shape index (κ1) is 22.2. The number of benzene rings is 2. The van der Waals surface area contributed by atoms with Crippen LogP contribution in [0.2, 0.25) is 0 Å². The van der Waals surface area contributed by atoms with Gasteiger partial charge in [-0.1, -0.05) is 18.2 Å². The zero-order chi connectivity index (χ0) is 22.7. The van der Waals surface area contributed by atoms with E-state index < -0.39 is 0 Å². The van der Waals surface area contributed by atoms with E-state index in [-0.39, 0.29) is 24.0 Å². The summed E-state index contributed by atoms with van der Waals surface area (Å²) in [7, 11) is 1.78. The van der Waals surface area contributed by atoms with Gasteiger partial charge in [0.15, 0.2) is 0 Å². The van der Waals surface area contributed by atoms with Gasteiger partial charge in [-0.25, -0.2) is 0 Å². The highest BCUT2D eigenvalue weighted by molar-refractivity contribution is 6.06. The molecule has 2 aromatic carbocycles. The van der Waals surface area contributed by atoms with E-state index in [1.54, 1.807) is 11.9 Å². The minimum atomic E-state index is -0.0646. The highest BCUT2D eigenvalue weighted by Crippen LogP contribution is 2.29. The topological polar surface area (TPSA) is 65.8 Å². The zero-order valence-corrected chi connectivity index (χ0v) is 18.8. The van der Waals surface area contributed by atoms with Crippen LogP contribution >= 0.6 is 0 Å². The minimum Gasteiger partial charge on any atom is -0.395 e. The van der Waals surface area contributed by atoms with Crippen LogP contribution in [0, 0.1) is 0 Å². The predicted octanol–water partition coefficient (Wildman–Crippen LogP) is 3.47. The Balaban J connectivity index is 1.69. The molecule has 3 aromatic rings. The Bertz CT molecular complexity index is 1150. The van der Waals surface area contributed by atoms with Crippen molar-refractivity contribution in [1.29, 1.82) is 0 Å². The number of amides is 1. The Kier molecular flexibility index (Phi) is 6.72. The molecule has 0 radical (unpaired) electrons. The third-order valence-corrected chi connectivity index (χ3v) is 6.58. The second-order valence-corrected chi connectivity index (χ2v) is 8.46. The van der Waals surface area contributed by atoms with Crippen molar-refractivity contribution in [3.8, 4) is 0 Å². The van der Waals surface area contributed by atoms with Gasteiger partial charge in [-0.3, -0.25) is 9.59 Å². The Labute approximate surface area is 188 Å². The number of aliphatic hydroxyl groups excluding tert-OH is 1. The number of pyridine rings is 1. The molecule has 0 saturated carbocycles. The molecule has 168 valence electrons. The van der Waals surface area contributed by atoms with Crippen molar-refractivity contribution < 1.29 is 9.90 Å². The number of aryl methyl sites for hydroxylation is 1. The van der Waals surface area contributed by atoms with Crippen LogP contribution in [0.4, 0.5) is 5.69 Å². The first-order chi connectivity index (χ1) is 15.5. The van der Waals surface area contributed by atoms with E-state index in [4.69, 9.17) is 0 Å². The maximum Gasteiger partial charge on any atom is 0.258 e. The third kappa shape index (κ3) is 4.33. The molecule has 1 saturated heterocycles. The molecule has 4 rings (SSSR count). The Morgan fingerprint density at radius 2 is 1.81 bits per heavy atom. The molecular weight excluding hydrogens is 402 g/mol. The molecule has 1 N–H and O–H groups in total. The number of hydrogen-bond donors (Lipinski definition) is 1. The highest BCUT2D eigenvalue weighted by Gasteiger charge is 2.24. The van der Waals surface area contributed by atoms with Gasteiger partial charge >= 0.3 is 0 Å². The molecule has 2 heterocycles. The normalized spacial score (nSPS) is 15.2. The fourth-order valence-corrected chi connectivity index (χ4v) is 4.71. The van der Waals surface area contributed by atoms with Crippen molar-refractivity contribution in [3.63, 3.8) is 0 Å². The molecule has 1 aliphatic rings. The number of carbonyl (C=O) groups excluding carboxylic acids is 1. The number of nitrogens with zero attached hydrogens (tertiary/aromatic N) is 3. The Hall–Kier alpha value is -2.96. The average molecular weight is 434 g/mol. The summed E-state index contributed by atoms with van der Waals surface area (Å²) in [5.41, 5.74) is 3.28. The van der Waals surface area contributed by atoms with Gasteiger partial charge in [-0.15, -0.1) is 0 Å². The smallest absolute Gasteiger partial charge is 0.258 e. The van der Waals surface area contributed by atoms with E-state index in [0.717, 1.165) is 48.1 Å². The van der Waals surface area contributed by atoms with Gasteiger partial charge in [0.25, 0.3) is 11.5 Å². The van der Waals surface area contributed by atoms with Gasteiger partial charge < -0.3 is 19.5 Å². The fourth-order valence-electron chi connectivity index (χ4n) is 4.71. The summed E-state index contributed by atoms with van der Waals surface area (Å²) in [6.07, 6.45) is 1.83. The van der Waals surface area contributed by atoms with Crippen molar-refractivity contribution in [1.82, 2.24) is 9.47 Å². The van der Waals surface area contributed by atoms with Crippen LogP contribution in [0.15, 0.2) is 59.4 Å². The maximum atomic E-state index is 13.3. The first-order valence-corrected chi connectivity index (χ1v) is 11.4. The van der Waals surface area contributed by atoms with E-state index in [2.05, 4.69) is 4.90 Å². The number of carbonyl (C=O) groups is 1. The average Bonchev–Trinajstić information content (AvgIpc) is 2.84. The lowest BCUT2D eigenvalue weighted by atomic mass is 9.89. The highest BCUT2D eigenvalue weighted by atomic mass is 16.3. The van der Waals surface area contributed by atoms with Crippen molar-refractivity contribution in [2.45, 2.75) is 32.2 Å². The molecule has 1 amide bonds. The van der Waals surface area contributed by atoms with Crippen molar-refractivity contribution in [2.24, 2.45) is 0 Å². The van der Waals surface area contributed by atoms with Crippen LogP contribution in [-0.4, -0.2) is 53.8 Å². The summed E-state index contributed by atoms with van der Waals surface area (Å²) in [5, 5.41) is 10.2. The van der Waals surface area contributed by atoms with Crippen LogP contribution < -0.4 is 10.5 Å². The van der Waals surface area contributed by atoms with Crippen LogP contribution in [0.3, 0.4) is 0 Å². The molecule has 0 atom stereocenters. The fraction of sp³-hybridized carbons (Fsp3) is 0.385. The molecule has 6 heteroatoms. The molecule has 0 aliphatic carbocycles. The molecular formula is C26H31N3O3. The number of fused-ring (bicyclic) bond motifs is 1.